The monoisotopic (exact) mass is 306 g/mol. The van der Waals surface area contributed by atoms with E-state index in [0.29, 0.717) is 13.2 Å². The van der Waals surface area contributed by atoms with Gasteiger partial charge in [-0.3, -0.25) is 0 Å². The van der Waals surface area contributed by atoms with Crippen molar-refractivity contribution in [2.45, 2.75) is 20.1 Å². The Morgan fingerprint density at radius 2 is 2.05 bits per heavy atom. The molecule has 0 saturated carbocycles. The highest BCUT2D eigenvalue weighted by atomic mass is 32.1. The highest BCUT2D eigenvalue weighted by molar-refractivity contribution is 7.18. The van der Waals surface area contributed by atoms with E-state index in [2.05, 4.69) is 38.7 Å². The zero-order chi connectivity index (χ0) is 13.9. The van der Waals surface area contributed by atoms with Crippen LogP contribution in [0.5, 0.6) is 0 Å². The molecular formula is C13H14N4OS2. The number of ether oxygens (including phenoxy) is 1. The third kappa shape index (κ3) is 2.95. The van der Waals surface area contributed by atoms with Crippen molar-refractivity contribution in [3.05, 3.63) is 33.2 Å². The number of nitrogens with one attached hydrogen (secondary N) is 1. The Bertz CT molecular complexity index is 722. The molecule has 0 aliphatic rings. The standard InChI is InChI=1S/C13H14N4OS2/c1-8-15-10-5-9(3-4-11(10)19-8)14-6-12-16-17-13(20-12)7-18-2/h3-5,14H,6-7H2,1-2H3. The van der Waals surface area contributed by atoms with E-state index in [0.717, 1.165) is 26.2 Å². The van der Waals surface area contributed by atoms with Crippen LogP contribution in [0.4, 0.5) is 5.69 Å². The number of aryl methyl sites for hydroxylation is 1. The maximum Gasteiger partial charge on any atom is 0.143 e. The summed E-state index contributed by atoms with van der Waals surface area (Å²) in [5.74, 6) is 0. The SMILES string of the molecule is COCc1nnc(CNc2ccc3sc(C)nc3c2)s1. The van der Waals surface area contributed by atoms with Crippen LogP contribution < -0.4 is 5.32 Å². The van der Waals surface area contributed by atoms with Crippen LogP contribution >= 0.6 is 22.7 Å². The summed E-state index contributed by atoms with van der Waals surface area (Å²) >= 11 is 3.27. The number of hydrogen-bond acceptors (Lipinski definition) is 7. The van der Waals surface area contributed by atoms with Gasteiger partial charge in [0.05, 0.1) is 28.4 Å². The van der Waals surface area contributed by atoms with E-state index < -0.39 is 0 Å². The largest absolute Gasteiger partial charge is 0.378 e. The van der Waals surface area contributed by atoms with Crippen molar-refractivity contribution < 1.29 is 4.74 Å². The van der Waals surface area contributed by atoms with Crippen LogP contribution in [0, 0.1) is 6.92 Å². The van der Waals surface area contributed by atoms with Crippen molar-refractivity contribution in [2.24, 2.45) is 0 Å². The molecule has 0 aliphatic carbocycles. The smallest absolute Gasteiger partial charge is 0.143 e. The fraction of sp³-hybridized carbons (Fsp3) is 0.308. The minimum absolute atomic E-state index is 0.516. The van der Waals surface area contributed by atoms with Crippen molar-refractivity contribution >= 4 is 38.6 Å². The normalized spacial score (nSPS) is 11.1. The maximum atomic E-state index is 5.03. The molecule has 5 nitrogen and oxygen atoms in total. The summed E-state index contributed by atoms with van der Waals surface area (Å²) in [6.07, 6.45) is 0. The Morgan fingerprint density at radius 1 is 1.20 bits per heavy atom. The number of nitrogens with zero attached hydrogens (tertiary/aromatic N) is 3. The molecule has 0 atom stereocenters. The average Bonchev–Trinajstić information content (AvgIpc) is 3.01. The van der Waals surface area contributed by atoms with Crippen LogP contribution in [0.15, 0.2) is 18.2 Å². The molecule has 0 unspecified atom stereocenters. The molecular weight excluding hydrogens is 292 g/mol. The van der Waals surface area contributed by atoms with Crippen molar-refractivity contribution in [3.8, 4) is 0 Å². The topological polar surface area (TPSA) is 59.9 Å². The number of thiazole rings is 1. The van der Waals surface area contributed by atoms with Gasteiger partial charge in [-0.25, -0.2) is 4.98 Å². The minimum Gasteiger partial charge on any atom is -0.378 e. The molecule has 2 heterocycles. The molecule has 3 rings (SSSR count). The highest BCUT2D eigenvalue weighted by Crippen LogP contribution is 2.24. The summed E-state index contributed by atoms with van der Waals surface area (Å²) in [5, 5.41) is 14.5. The molecule has 3 aromatic rings. The number of hydrogen-bond donors (Lipinski definition) is 1. The second-order valence-corrected chi connectivity index (χ2v) is 6.67. The van der Waals surface area contributed by atoms with Crippen LogP contribution in [-0.2, 0) is 17.9 Å². The number of benzene rings is 1. The molecule has 0 bridgehead atoms. The third-order valence-corrected chi connectivity index (χ3v) is 4.56. The molecule has 0 fully saturated rings. The molecule has 0 saturated heterocycles. The van der Waals surface area contributed by atoms with Crippen LogP contribution in [0.1, 0.15) is 15.0 Å². The third-order valence-electron chi connectivity index (χ3n) is 2.71. The molecule has 0 radical (unpaired) electrons. The Balaban J connectivity index is 1.69. The van der Waals surface area contributed by atoms with Gasteiger partial charge in [0.1, 0.15) is 10.0 Å². The van der Waals surface area contributed by atoms with Gasteiger partial charge in [-0.1, -0.05) is 11.3 Å². The summed E-state index contributed by atoms with van der Waals surface area (Å²) in [7, 11) is 1.66. The van der Waals surface area contributed by atoms with Crippen LogP contribution in [0.25, 0.3) is 10.2 Å². The summed E-state index contributed by atoms with van der Waals surface area (Å²) in [6, 6.07) is 6.23. The van der Waals surface area contributed by atoms with Gasteiger partial charge in [-0.2, -0.15) is 0 Å². The Kier molecular flexibility index (Phi) is 3.90. The molecule has 0 spiro atoms. The maximum absolute atomic E-state index is 5.03. The summed E-state index contributed by atoms with van der Waals surface area (Å²) < 4.78 is 6.25. The van der Waals surface area contributed by atoms with Gasteiger partial charge in [0, 0.05) is 12.8 Å². The second kappa shape index (κ2) is 5.82. The summed E-state index contributed by atoms with van der Waals surface area (Å²) in [6.45, 7) is 3.20. The van der Waals surface area contributed by atoms with Crippen molar-refractivity contribution in [1.82, 2.24) is 15.2 Å². The average molecular weight is 306 g/mol. The van der Waals surface area contributed by atoms with Gasteiger partial charge in [0.25, 0.3) is 0 Å². The van der Waals surface area contributed by atoms with E-state index in [1.807, 2.05) is 6.92 Å². The number of anilines is 1. The lowest BCUT2D eigenvalue weighted by Gasteiger charge is -2.03. The Morgan fingerprint density at radius 3 is 2.90 bits per heavy atom. The molecule has 0 amide bonds. The first-order valence-electron chi connectivity index (χ1n) is 6.16. The first kappa shape index (κ1) is 13.4. The van der Waals surface area contributed by atoms with Gasteiger partial charge in [0.2, 0.25) is 0 Å². The molecule has 104 valence electrons. The molecule has 1 aromatic carbocycles. The molecule has 0 aliphatic heterocycles. The van der Waals surface area contributed by atoms with E-state index in [-0.39, 0.29) is 0 Å². The van der Waals surface area contributed by atoms with Crippen LogP contribution in [0.3, 0.4) is 0 Å². The van der Waals surface area contributed by atoms with E-state index in [1.165, 1.54) is 4.70 Å². The van der Waals surface area contributed by atoms with Gasteiger partial charge in [0.15, 0.2) is 0 Å². The Labute approximate surface area is 124 Å². The molecule has 2 aromatic heterocycles. The molecule has 7 heteroatoms. The molecule has 1 N–H and O–H groups in total. The lowest BCUT2D eigenvalue weighted by molar-refractivity contribution is 0.184. The van der Waals surface area contributed by atoms with Gasteiger partial charge >= 0.3 is 0 Å². The predicted octanol–water partition coefficient (Wildman–Crippen LogP) is 3.21. The van der Waals surface area contributed by atoms with Crippen molar-refractivity contribution in [3.63, 3.8) is 0 Å². The lowest BCUT2D eigenvalue weighted by Crippen LogP contribution is -1.98. The summed E-state index contributed by atoms with van der Waals surface area (Å²) in [4.78, 5) is 4.49. The van der Waals surface area contributed by atoms with Crippen LogP contribution in [0.2, 0.25) is 0 Å². The number of rotatable bonds is 5. The predicted molar refractivity (Wildman–Crippen MR) is 82.3 cm³/mol. The van der Waals surface area contributed by atoms with Gasteiger partial charge < -0.3 is 10.1 Å². The van der Waals surface area contributed by atoms with E-state index in [1.54, 1.807) is 29.8 Å². The number of fused-ring (bicyclic) bond motifs is 1. The van der Waals surface area contributed by atoms with Crippen molar-refractivity contribution in [1.29, 1.82) is 0 Å². The van der Waals surface area contributed by atoms with Crippen LogP contribution in [-0.4, -0.2) is 22.3 Å². The van der Waals surface area contributed by atoms with E-state index >= 15 is 0 Å². The van der Waals surface area contributed by atoms with E-state index in [4.69, 9.17) is 4.74 Å². The van der Waals surface area contributed by atoms with Gasteiger partial charge in [-0.15, -0.1) is 21.5 Å². The molecule has 20 heavy (non-hydrogen) atoms. The Hall–Kier alpha value is -1.57. The minimum atomic E-state index is 0.516. The quantitative estimate of drug-likeness (QED) is 0.784. The fourth-order valence-corrected chi connectivity index (χ4v) is 3.44. The second-order valence-electron chi connectivity index (χ2n) is 4.29. The zero-order valence-electron chi connectivity index (χ0n) is 11.2. The fourth-order valence-electron chi connectivity index (χ4n) is 1.87. The zero-order valence-corrected chi connectivity index (χ0v) is 12.8. The number of aromatic nitrogens is 3. The highest BCUT2D eigenvalue weighted by Gasteiger charge is 2.05. The lowest BCUT2D eigenvalue weighted by atomic mass is 10.3. The van der Waals surface area contributed by atoms with Gasteiger partial charge in [-0.05, 0) is 25.1 Å². The first-order chi connectivity index (χ1) is 9.74. The first-order valence-corrected chi connectivity index (χ1v) is 7.79. The summed E-state index contributed by atoms with van der Waals surface area (Å²) in [5.41, 5.74) is 2.08. The van der Waals surface area contributed by atoms with E-state index in [9.17, 15) is 0 Å². The number of methoxy groups -OCH3 is 1. The van der Waals surface area contributed by atoms with Crippen molar-refractivity contribution in [2.75, 3.05) is 12.4 Å².